The minimum absolute atomic E-state index is 0.412. The molecule has 2 rings (SSSR count). The second kappa shape index (κ2) is 7.60. The first-order chi connectivity index (χ1) is 12.8. The van der Waals surface area contributed by atoms with Crippen LogP contribution in [0.2, 0.25) is 0 Å². The van der Waals surface area contributed by atoms with Gasteiger partial charge in [0.2, 0.25) is 12.4 Å². The highest BCUT2D eigenvalue weighted by molar-refractivity contribution is 5.80. The number of alkyl halides is 7. The highest BCUT2D eigenvalue weighted by Gasteiger charge is 2.73. The molecule has 2 aromatic heterocycles. The van der Waals surface area contributed by atoms with Gasteiger partial charge in [0.05, 0.1) is 0 Å². The molecule has 0 spiro atoms. The molecular weight excluding hydrogens is 399 g/mol. The summed E-state index contributed by atoms with van der Waals surface area (Å²) in [5.41, 5.74) is 1.47. The van der Waals surface area contributed by atoms with Crippen LogP contribution in [-0.4, -0.2) is 23.9 Å². The maximum absolute atomic E-state index is 13.2. The predicted octanol–water partition coefficient (Wildman–Crippen LogP) is 1.75. The van der Waals surface area contributed by atoms with Crippen LogP contribution in [0, 0.1) is 5.21 Å². The van der Waals surface area contributed by atoms with Crippen molar-refractivity contribution in [1.82, 2.24) is 0 Å². The number of hydrogen-bond acceptors (Lipinski definition) is 3. The molecule has 0 fully saturated rings. The van der Waals surface area contributed by atoms with Gasteiger partial charge in [0.1, 0.15) is 5.90 Å². The van der Waals surface area contributed by atoms with Crippen LogP contribution >= 0.6 is 0 Å². The van der Waals surface area contributed by atoms with Crippen molar-refractivity contribution in [2.75, 3.05) is 0 Å². The van der Waals surface area contributed by atoms with Crippen LogP contribution in [0.15, 0.2) is 54.2 Å². The first-order valence-corrected chi connectivity index (χ1v) is 7.61. The molecule has 0 aliphatic rings. The van der Waals surface area contributed by atoms with Crippen molar-refractivity contribution < 1.29 is 45.2 Å². The van der Waals surface area contributed by atoms with E-state index in [1.54, 1.807) is 12.1 Å². The van der Waals surface area contributed by atoms with Gasteiger partial charge in [0.15, 0.2) is 12.4 Å². The average molecular weight is 411 g/mol. The van der Waals surface area contributed by atoms with Gasteiger partial charge >= 0.3 is 18.0 Å². The first-order valence-electron chi connectivity index (χ1n) is 7.61. The number of rotatable bonds is 6. The van der Waals surface area contributed by atoms with Crippen molar-refractivity contribution >= 4 is 5.90 Å². The standard InChI is InChI=1S/C16H12F7N3O2/c17-14(18,15(19,20)16(21,22)23)13(27)24-25-7-3-11(4-8-25)1-2-12-5-9-26(28)10-6-12/h3-10H,1-2H2. The zero-order valence-electron chi connectivity index (χ0n) is 13.8. The SMILES string of the molecule is [O-]/C(=N/[n+]1ccc(CCc2cc[n+]([O-])cc2)cc1)C(F)(F)C(F)(F)C(F)(F)F. The Bertz CT molecular complexity index is 835. The summed E-state index contributed by atoms with van der Waals surface area (Å²) in [6.45, 7) is 0. The van der Waals surface area contributed by atoms with E-state index < -0.39 is 23.9 Å². The molecule has 0 unspecified atom stereocenters. The molecule has 0 saturated heterocycles. The fourth-order valence-electron chi connectivity index (χ4n) is 2.06. The molecule has 152 valence electrons. The number of aryl methyl sites for hydroxylation is 2. The Morgan fingerprint density at radius 3 is 1.68 bits per heavy atom. The van der Waals surface area contributed by atoms with Gasteiger partial charge in [-0.2, -0.15) is 35.5 Å². The van der Waals surface area contributed by atoms with E-state index >= 15 is 0 Å². The third kappa shape index (κ3) is 4.49. The highest BCUT2D eigenvalue weighted by Crippen LogP contribution is 2.46. The van der Waals surface area contributed by atoms with Crippen molar-refractivity contribution in [3.05, 3.63) is 65.4 Å². The van der Waals surface area contributed by atoms with Crippen LogP contribution < -0.4 is 14.5 Å². The van der Waals surface area contributed by atoms with E-state index in [-0.39, 0.29) is 0 Å². The number of aromatic nitrogens is 2. The normalized spacial score (nSPS) is 13.6. The van der Waals surface area contributed by atoms with Crippen LogP contribution in [0.25, 0.3) is 0 Å². The summed E-state index contributed by atoms with van der Waals surface area (Å²) in [5.74, 6) is -15.5. The Morgan fingerprint density at radius 2 is 1.25 bits per heavy atom. The molecule has 0 N–H and O–H groups in total. The van der Waals surface area contributed by atoms with Gasteiger partial charge in [-0.25, -0.2) is 0 Å². The third-order valence-electron chi connectivity index (χ3n) is 3.68. The fraction of sp³-hybridized carbons (Fsp3) is 0.312. The lowest BCUT2D eigenvalue weighted by atomic mass is 10.1. The molecule has 12 heteroatoms. The smallest absolute Gasteiger partial charge is 0.460 e. The maximum Gasteiger partial charge on any atom is 0.460 e. The summed E-state index contributed by atoms with van der Waals surface area (Å²) in [6, 6.07) is 5.83. The van der Waals surface area contributed by atoms with E-state index in [0.29, 0.717) is 27.8 Å². The van der Waals surface area contributed by atoms with Crippen LogP contribution in [0.5, 0.6) is 0 Å². The molecule has 28 heavy (non-hydrogen) atoms. The molecule has 0 bridgehead atoms. The van der Waals surface area contributed by atoms with Crippen LogP contribution in [0.1, 0.15) is 11.1 Å². The molecule has 0 aromatic carbocycles. The molecule has 0 aliphatic carbocycles. The lowest BCUT2D eigenvalue weighted by molar-refractivity contribution is -0.682. The Balaban J connectivity index is 2.10. The van der Waals surface area contributed by atoms with Gasteiger partial charge < -0.3 is 10.3 Å². The van der Waals surface area contributed by atoms with E-state index in [2.05, 4.69) is 5.10 Å². The maximum atomic E-state index is 13.2. The quantitative estimate of drug-likeness (QED) is 0.239. The fourth-order valence-corrected chi connectivity index (χ4v) is 2.06. The van der Waals surface area contributed by atoms with E-state index in [4.69, 9.17) is 0 Å². The van der Waals surface area contributed by atoms with Crippen LogP contribution in [0.3, 0.4) is 0 Å². The average Bonchev–Trinajstić information content (AvgIpc) is 2.61. The zero-order valence-corrected chi connectivity index (χ0v) is 13.8. The minimum Gasteiger partial charge on any atom is -0.853 e. The zero-order chi connectivity index (χ0) is 21.2. The summed E-state index contributed by atoms with van der Waals surface area (Å²) in [4.78, 5) is 0. The Labute approximate surface area is 153 Å². The highest BCUT2D eigenvalue weighted by atomic mass is 19.4. The summed E-state index contributed by atoms with van der Waals surface area (Å²) >= 11 is 0. The Morgan fingerprint density at radius 1 is 0.821 bits per heavy atom. The second-order valence-corrected chi connectivity index (χ2v) is 5.70. The summed E-state index contributed by atoms with van der Waals surface area (Å²) in [5, 5.41) is 24.7. The van der Waals surface area contributed by atoms with Gasteiger partial charge in [0, 0.05) is 24.3 Å². The monoisotopic (exact) mass is 411 g/mol. The van der Waals surface area contributed by atoms with Gasteiger partial charge in [-0.15, -0.1) is 0 Å². The first kappa shape index (κ1) is 21.4. The van der Waals surface area contributed by atoms with Crippen molar-refractivity contribution in [3.8, 4) is 0 Å². The summed E-state index contributed by atoms with van der Waals surface area (Å²) in [7, 11) is 0. The molecule has 0 radical (unpaired) electrons. The number of hydrogen-bond donors (Lipinski definition) is 0. The molecule has 2 aromatic rings. The van der Waals surface area contributed by atoms with Gasteiger partial charge in [0.25, 0.3) is 0 Å². The van der Waals surface area contributed by atoms with Crippen molar-refractivity contribution in [1.29, 1.82) is 0 Å². The van der Waals surface area contributed by atoms with Crippen molar-refractivity contribution in [3.63, 3.8) is 0 Å². The minimum atomic E-state index is -6.61. The summed E-state index contributed by atoms with van der Waals surface area (Å²) < 4.78 is 89.4. The van der Waals surface area contributed by atoms with Gasteiger partial charge in [-0.05, 0) is 29.1 Å². The van der Waals surface area contributed by atoms with E-state index in [0.717, 1.165) is 18.0 Å². The van der Waals surface area contributed by atoms with Gasteiger partial charge in [-0.3, -0.25) is 0 Å². The predicted molar refractivity (Wildman–Crippen MR) is 78.2 cm³/mol. The molecule has 2 heterocycles. The molecular formula is C16H12F7N3O2. The molecule has 0 saturated carbocycles. The van der Waals surface area contributed by atoms with E-state index in [9.17, 15) is 41.0 Å². The number of nitrogens with zero attached hydrogens (tertiary/aromatic N) is 3. The number of halogens is 7. The summed E-state index contributed by atoms with van der Waals surface area (Å²) in [6.07, 6.45) is -1.13. The lowest BCUT2D eigenvalue weighted by Crippen LogP contribution is -2.60. The van der Waals surface area contributed by atoms with Gasteiger partial charge in [-0.1, -0.05) is 4.68 Å². The Kier molecular flexibility index (Phi) is 5.80. The van der Waals surface area contributed by atoms with Crippen LogP contribution in [-0.2, 0) is 12.8 Å². The third-order valence-corrected chi connectivity index (χ3v) is 3.68. The van der Waals surface area contributed by atoms with Crippen LogP contribution in [0.4, 0.5) is 30.7 Å². The largest absolute Gasteiger partial charge is 0.853 e. The molecule has 5 nitrogen and oxygen atoms in total. The lowest BCUT2D eigenvalue weighted by Gasteiger charge is -2.29. The van der Waals surface area contributed by atoms with Crippen molar-refractivity contribution in [2.45, 2.75) is 30.9 Å². The van der Waals surface area contributed by atoms with Crippen molar-refractivity contribution in [2.24, 2.45) is 5.10 Å². The topological polar surface area (TPSA) is 66.2 Å². The molecule has 0 atom stereocenters. The molecule has 0 aliphatic heterocycles. The molecule has 0 amide bonds. The van der Waals surface area contributed by atoms with E-state index in [1.165, 1.54) is 24.5 Å². The second-order valence-electron chi connectivity index (χ2n) is 5.70. The Hall–Kier alpha value is -2.92. The van der Waals surface area contributed by atoms with E-state index in [1.807, 2.05) is 0 Å². The number of pyridine rings is 2.